The quantitative estimate of drug-likeness (QED) is 0.112. The summed E-state index contributed by atoms with van der Waals surface area (Å²) >= 11 is 0. The van der Waals surface area contributed by atoms with Crippen LogP contribution in [0, 0.1) is 32.2 Å². The van der Waals surface area contributed by atoms with Gasteiger partial charge in [-0.2, -0.15) is 18.2 Å². The molecule has 11 aromatic rings. The van der Waals surface area contributed by atoms with E-state index in [2.05, 4.69) is 23.4 Å². The Hall–Kier alpha value is -7.33. The van der Waals surface area contributed by atoms with E-state index in [0.29, 0.717) is 33.0 Å². The number of aromatic nitrogens is 4. The van der Waals surface area contributed by atoms with E-state index >= 15 is 0 Å². The van der Waals surface area contributed by atoms with E-state index in [1.807, 2.05) is 42.5 Å². The van der Waals surface area contributed by atoms with E-state index in [1.165, 1.54) is 27.3 Å². The van der Waals surface area contributed by atoms with Crippen molar-refractivity contribution >= 4 is 32.8 Å². The second kappa shape index (κ2) is 16.3. The van der Waals surface area contributed by atoms with Gasteiger partial charge in [0.25, 0.3) is 6.33 Å². The molecule has 0 aliphatic heterocycles. The van der Waals surface area contributed by atoms with Crippen LogP contribution in [0.15, 0.2) is 194 Å². The maximum absolute atomic E-state index is 9.26. The zero-order valence-corrected chi connectivity index (χ0v) is 34.3. The minimum Gasteiger partial charge on any atom is -0.510 e. The van der Waals surface area contributed by atoms with Crippen LogP contribution in [0.3, 0.4) is 0 Å². The molecule has 0 N–H and O–H groups in total. The number of fused-ring (bicyclic) bond motifs is 4. The summed E-state index contributed by atoms with van der Waals surface area (Å²) in [6, 6.07) is 35.1. The van der Waals surface area contributed by atoms with Gasteiger partial charge in [-0.25, -0.2) is 4.98 Å². The molecule has 6 heteroatoms. The normalized spacial score (nSPS) is 15.8. The van der Waals surface area contributed by atoms with Gasteiger partial charge in [0, 0.05) is 52.5 Å². The minimum atomic E-state index is -3.12. The second-order valence-corrected chi connectivity index (χ2v) is 13.9. The summed E-state index contributed by atoms with van der Waals surface area (Å²) in [5.74, 6) is -0.0448. The molecule has 0 atom stereocenters. The summed E-state index contributed by atoms with van der Waals surface area (Å²) < 4.78 is 165. The van der Waals surface area contributed by atoms with Gasteiger partial charge >= 0.3 is 0 Å². The minimum absolute atomic E-state index is 0. The van der Waals surface area contributed by atoms with Crippen LogP contribution in [0.5, 0.6) is 11.5 Å². The Balaban J connectivity index is 0.00000720. The Bertz CT molecular complexity index is 4220. The topological polar surface area (TPSA) is 35.9 Å². The summed E-state index contributed by atoms with van der Waals surface area (Å²) in [6.07, 6.45) is 2.50. The number of hydrogen-bond acceptors (Lipinski definition) is 2. The van der Waals surface area contributed by atoms with Crippen molar-refractivity contribution in [2.45, 2.75) is 13.7 Å². The van der Waals surface area contributed by atoms with E-state index < -0.39 is 97.5 Å². The maximum Gasteiger partial charge on any atom is 0.268 e. The molecule has 0 aliphatic carbocycles. The largest absolute Gasteiger partial charge is 0.510 e. The maximum atomic E-state index is 9.26. The van der Waals surface area contributed by atoms with E-state index in [-0.39, 0.29) is 71.8 Å². The van der Waals surface area contributed by atoms with Crippen LogP contribution in [0.2, 0.25) is 0 Å². The molecule has 5 nitrogen and oxygen atoms in total. The summed E-state index contributed by atoms with van der Waals surface area (Å²) in [5.41, 5.74) is 1.85. The zero-order chi connectivity index (χ0) is 56.3. The molecule has 0 fully saturated rings. The van der Waals surface area contributed by atoms with Gasteiger partial charge in [-0.05, 0) is 81.4 Å². The second-order valence-electron chi connectivity index (χ2n) is 13.9. The number of nitrogens with zero attached hydrogens (tertiary/aromatic N) is 4. The van der Waals surface area contributed by atoms with Crippen LogP contribution in [-0.2, 0) is 21.1 Å². The molecular formula is C56H38N4OPt-2. The third kappa shape index (κ3) is 6.91. The molecule has 0 aliphatic rings. The van der Waals surface area contributed by atoms with Gasteiger partial charge < -0.3 is 13.9 Å². The Labute approximate surface area is 400 Å². The molecule has 62 heavy (non-hydrogen) atoms. The van der Waals surface area contributed by atoms with Crippen molar-refractivity contribution in [2.24, 2.45) is 0 Å². The van der Waals surface area contributed by atoms with Crippen molar-refractivity contribution in [3.05, 3.63) is 224 Å². The van der Waals surface area contributed by atoms with Crippen molar-refractivity contribution in [3.63, 3.8) is 0 Å². The Kier molecular flexibility index (Phi) is 6.19. The van der Waals surface area contributed by atoms with Gasteiger partial charge in [0.15, 0.2) is 0 Å². The monoisotopic (exact) mass is 995 g/mol. The molecule has 0 saturated heterocycles. The predicted molar refractivity (Wildman–Crippen MR) is 246 cm³/mol. The van der Waals surface area contributed by atoms with Crippen LogP contribution < -0.4 is 9.30 Å². The van der Waals surface area contributed by atoms with Gasteiger partial charge in [-0.15, -0.1) is 29.7 Å². The van der Waals surface area contributed by atoms with Crippen LogP contribution in [0.1, 0.15) is 35.8 Å². The van der Waals surface area contributed by atoms with Crippen LogP contribution in [0.4, 0.5) is 0 Å². The van der Waals surface area contributed by atoms with Crippen LogP contribution in [0.25, 0.3) is 83.4 Å². The number of rotatable bonds is 8. The Morgan fingerprint density at radius 3 is 2.08 bits per heavy atom. The molecular weight excluding hydrogens is 940 g/mol. The average molecular weight is 996 g/mol. The first kappa shape index (κ1) is 23.6. The van der Waals surface area contributed by atoms with Gasteiger partial charge in [-0.1, -0.05) is 151 Å². The van der Waals surface area contributed by atoms with Crippen LogP contribution in [-0.4, -0.2) is 14.1 Å². The molecule has 3 heterocycles. The van der Waals surface area contributed by atoms with Crippen molar-refractivity contribution in [1.82, 2.24) is 14.1 Å². The molecule has 300 valence electrons. The first-order valence-electron chi connectivity index (χ1n) is 28.0. The molecule has 3 aromatic heterocycles. The number of hydrogen-bond donors (Lipinski definition) is 0. The summed E-state index contributed by atoms with van der Waals surface area (Å²) in [5, 5.41) is 1.22. The SMILES string of the molecule is [2H]c1nc(-n2c3[c-]c(Oc4[c-]c(-n5[c-][n+](-c6c(-c7c([2H])c([2H])c([2H])c([2H])c7[2H])cccc6-c6c([2H])c([2H])c([2H])c([2H])c6[2H])c6ccccc65)ccc4)ccc3c3cc(-c4ccccc4)ccc32)c([2H])c(C([2H])([2H])[2H])c1C([2H])([2H])[2H].[Pt]. The molecule has 8 aromatic carbocycles. The number of para-hydroxylation sites is 3. The Morgan fingerprint density at radius 1 is 0.613 bits per heavy atom. The molecule has 0 radical (unpaired) electrons. The van der Waals surface area contributed by atoms with Gasteiger partial charge in [-0.3, -0.25) is 4.57 Å². The summed E-state index contributed by atoms with van der Waals surface area (Å²) in [7, 11) is 0. The smallest absolute Gasteiger partial charge is 0.268 e. The van der Waals surface area contributed by atoms with E-state index in [1.54, 1.807) is 65.2 Å². The summed E-state index contributed by atoms with van der Waals surface area (Å²) in [6.45, 7) is -6.19. The van der Waals surface area contributed by atoms with Crippen molar-refractivity contribution in [3.8, 4) is 62.1 Å². The third-order valence-corrected chi connectivity index (χ3v) is 10.3. The molecule has 0 bridgehead atoms. The first-order valence-corrected chi connectivity index (χ1v) is 19.0. The molecule has 0 unspecified atom stereocenters. The first-order chi connectivity index (χ1) is 37.5. The zero-order valence-electron chi connectivity index (χ0n) is 50.1. The van der Waals surface area contributed by atoms with Crippen molar-refractivity contribution in [2.75, 3.05) is 0 Å². The summed E-state index contributed by atoms with van der Waals surface area (Å²) in [4.78, 5) is 4.30. The Morgan fingerprint density at radius 2 is 1.32 bits per heavy atom. The van der Waals surface area contributed by atoms with Crippen molar-refractivity contribution < 1.29 is 55.0 Å². The molecule has 0 spiro atoms. The van der Waals surface area contributed by atoms with Gasteiger partial charge in [0.2, 0.25) is 0 Å². The fourth-order valence-electron chi connectivity index (χ4n) is 7.59. The number of pyridine rings is 1. The number of ether oxygens (including phenoxy) is 1. The third-order valence-electron chi connectivity index (χ3n) is 10.3. The standard InChI is InChI=1S/C56H38N4O.Pt/c1-38-32-55(57-36-39(38)2)60-51-31-28-43(40-16-6-3-7-17-40)33-50(51)49-30-29-46(35-54(49)60)61-45-23-14-22-44(34-45)58-37-59(53-27-13-12-26-52(53)58)56-47(41-18-8-4-9-19-41)24-15-25-48(56)42-20-10-5-11-21-42;/h3-33,36H,1-2H3;/q-2;/i1D3,2D3,4D,5D,8D,9D,10D,11D,18D,19D,20D,21D,32D,36D;. The van der Waals surface area contributed by atoms with E-state index in [4.69, 9.17) is 28.0 Å². The number of imidazole rings is 1. The van der Waals surface area contributed by atoms with Gasteiger partial charge in [0.1, 0.15) is 5.82 Å². The van der Waals surface area contributed by atoms with E-state index in [0.717, 1.165) is 11.1 Å². The fourth-order valence-corrected chi connectivity index (χ4v) is 7.59. The van der Waals surface area contributed by atoms with Crippen molar-refractivity contribution in [1.29, 1.82) is 0 Å². The predicted octanol–water partition coefficient (Wildman–Crippen LogP) is 13.2. The van der Waals surface area contributed by atoms with Gasteiger partial charge in [0.05, 0.1) is 33.2 Å². The fraction of sp³-hybridized carbons (Fsp3) is 0.0357. The van der Waals surface area contributed by atoms with Crippen LogP contribution >= 0.6 is 0 Å². The molecule has 0 amide bonds. The van der Waals surface area contributed by atoms with E-state index in [9.17, 15) is 1.37 Å². The number of benzene rings is 8. The average Bonchev–Trinajstić information content (AvgIpc) is 4.05. The molecule has 0 saturated carbocycles. The molecule has 11 rings (SSSR count).